The minimum Gasteiger partial charge on any atom is -0.377 e. The Kier molecular flexibility index (Phi) is 4.39. The van der Waals surface area contributed by atoms with Gasteiger partial charge in [-0.05, 0) is 44.0 Å². The number of fused-ring (bicyclic) bond motifs is 1. The van der Waals surface area contributed by atoms with E-state index in [2.05, 4.69) is 48.5 Å². The molecule has 3 unspecified atom stereocenters. The fourth-order valence-corrected chi connectivity index (χ4v) is 3.81. The zero-order chi connectivity index (χ0) is 13.9. The maximum Gasteiger partial charge on any atom is 0.0702 e. The van der Waals surface area contributed by atoms with E-state index in [1.807, 2.05) is 0 Å². The molecule has 2 aliphatic rings. The molecule has 3 nitrogen and oxygen atoms in total. The van der Waals surface area contributed by atoms with Gasteiger partial charge in [0.1, 0.15) is 0 Å². The van der Waals surface area contributed by atoms with Crippen molar-refractivity contribution in [3.05, 3.63) is 35.4 Å². The molecule has 1 aromatic carbocycles. The molecule has 0 saturated carbocycles. The van der Waals surface area contributed by atoms with E-state index in [4.69, 9.17) is 4.74 Å². The summed E-state index contributed by atoms with van der Waals surface area (Å²) in [6, 6.07) is 9.88. The van der Waals surface area contributed by atoms with Gasteiger partial charge in [0.25, 0.3) is 0 Å². The molecule has 1 aliphatic heterocycles. The molecule has 3 atom stereocenters. The molecule has 0 bridgehead atoms. The van der Waals surface area contributed by atoms with Crippen LogP contribution in [0.4, 0.5) is 0 Å². The lowest BCUT2D eigenvalue weighted by molar-refractivity contribution is 0.0539. The van der Waals surface area contributed by atoms with E-state index in [0.717, 1.165) is 26.1 Å². The maximum atomic E-state index is 5.83. The van der Waals surface area contributed by atoms with Crippen molar-refractivity contribution in [1.82, 2.24) is 10.2 Å². The molecule has 0 amide bonds. The number of hydrogen-bond acceptors (Lipinski definition) is 3. The highest BCUT2D eigenvalue weighted by atomic mass is 16.5. The second-order valence-corrected chi connectivity index (χ2v) is 5.96. The summed E-state index contributed by atoms with van der Waals surface area (Å²) in [5.41, 5.74) is 2.98. The summed E-state index contributed by atoms with van der Waals surface area (Å²) >= 11 is 0. The number of likely N-dealkylation sites (N-methyl/N-ethyl adjacent to an activating group) is 2. The van der Waals surface area contributed by atoms with Gasteiger partial charge in [0.05, 0.1) is 6.10 Å². The number of nitrogens with zero attached hydrogens (tertiary/aromatic N) is 1. The van der Waals surface area contributed by atoms with Crippen LogP contribution in [-0.2, 0) is 11.2 Å². The Morgan fingerprint density at radius 2 is 2.20 bits per heavy atom. The molecular weight excluding hydrogens is 248 g/mol. The molecule has 1 fully saturated rings. The first-order valence-electron chi connectivity index (χ1n) is 7.94. The smallest absolute Gasteiger partial charge is 0.0702 e. The Balaban J connectivity index is 1.75. The molecule has 1 aliphatic carbocycles. The predicted molar refractivity (Wildman–Crippen MR) is 82.0 cm³/mol. The van der Waals surface area contributed by atoms with Crippen molar-refractivity contribution >= 4 is 0 Å². The average Bonchev–Trinajstić information content (AvgIpc) is 3.11. The lowest BCUT2D eigenvalue weighted by Gasteiger charge is -2.33. The molecule has 0 radical (unpaired) electrons. The van der Waals surface area contributed by atoms with Crippen molar-refractivity contribution < 1.29 is 4.74 Å². The molecule has 20 heavy (non-hydrogen) atoms. The minimum absolute atomic E-state index is 0.441. The van der Waals surface area contributed by atoms with Crippen molar-refractivity contribution in [3.8, 4) is 0 Å². The summed E-state index contributed by atoms with van der Waals surface area (Å²) in [4.78, 5) is 2.61. The first-order chi connectivity index (χ1) is 9.83. The molecule has 3 heteroatoms. The molecule has 110 valence electrons. The minimum atomic E-state index is 0.441. The summed E-state index contributed by atoms with van der Waals surface area (Å²) in [5.74, 6) is 0. The van der Waals surface area contributed by atoms with Crippen LogP contribution >= 0.6 is 0 Å². The zero-order valence-corrected chi connectivity index (χ0v) is 12.6. The highest BCUT2D eigenvalue weighted by Crippen LogP contribution is 2.34. The van der Waals surface area contributed by atoms with Gasteiger partial charge < -0.3 is 10.1 Å². The number of rotatable bonds is 5. The van der Waals surface area contributed by atoms with Crippen molar-refractivity contribution in [3.63, 3.8) is 0 Å². The van der Waals surface area contributed by atoms with E-state index >= 15 is 0 Å². The lowest BCUT2D eigenvalue weighted by atomic mass is 10.1. The fraction of sp³-hybridized carbons (Fsp3) is 0.647. The second-order valence-electron chi connectivity index (χ2n) is 5.96. The van der Waals surface area contributed by atoms with Crippen LogP contribution in [0, 0.1) is 0 Å². The quantitative estimate of drug-likeness (QED) is 0.892. The Morgan fingerprint density at radius 3 is 2.90 bits per heavy atom. The molecule has 1 saturated heterocycles. The van der Waals surface area contributed by atoms with E-state index < -0.39 is 0 Å². The fourth-order valence-electron chi connectivity index (χ4n) is 3.81. The van der Waals surface area contributed by atoms with Crippen LogP contribution in [0.5, 0.6) is 0 Å². The first kappa shape index (κ1) is 14.1. The van der Waals surface area contributed by atoms with E-state index in [1.165, 1.54) is 24.0 Å². The third-order valence-corrected chi connectivity index (χ3v) is 4.85. The van der Waals surface area contributed by atoms with Crippen LogP contribution in [-0.4, -0.2) is 43.8 Å². The van der Waals surface area contributed by atoms with Crippen LogP contribution in [0.1, 0.15) is 36.9 Å². The highest BCUT2D eigenvalue weighted by Gasteiger charge is 2.35. The third kappa shape index (κ3) is 2.62. The summed E-state index contributed by atoms with van der Waals surface area (Å²) in [6.45, 7) is 5.39. The summed E-state index contributed by atoms with van der Waals surface area (Å²) in [5, 5.41) is 3.53. The van der Waals surface area contributed by atoms with Gasteiger partial charge in [0, 0.05) is 25.2 Å². The maximum absolute atomic E-state index is 5.83. The van der Waals surface area contributed by atoms with Gasteiger partial charge in [-0.25, -0.2) is 0 Å². The van der Waals surface area contributed by atoms with Crippen LogP contribution in [0.2, 0.25) is 0 Å². The average molecular weight is 274 g/mol. The lowest BCUT2D eigenvalue weighted by Crippen LogP contribution is -2.45. The van der Waals surface area contributed by atoms with E-state index in [-0.39, 0.29) is 0 Å². The Hall–Kier alpha value is -0.900. The van der Waals surface area contributed by atoms with Crippen molar-refractivity contribution in [2.45, 2.75) is 44.4 Å². The van der Waals surface area contributed by atoms with Crippen LogP contribution < -0.4 is 5.32 Å². The van der Waals surface area contributed by atoms with E-state index in [0.29, 0.717) is 18.2 Å². The zero-order valence-electron chi connectivity index (χ0n) is 12.6. The van der Waals surface area contributed by atoms with Gasteiger partial charge in [-0.15, -0.1) is 0 Å². The van der Waals surface area contributed by atoms with Gasteiger partial charge in [-0.1, -0.05) is 31.2 Å². The Bertz CT molecular complexity index is 442. The number of nitrogens with one attached hydrogen (secondary N) is 1. The molecule has 3 rings (SSSR count). The molecule has 1 aromatic rings. The molecule has 1 heterocycles. The monoisotopic (exact) mass is 274 g/mol. The van der Waals surface area contributed by atoms with Gasteiger partial charge in [0.15, 0.2) is 0 Å². The van der Waals surface area contributed by atoms with Crippen molar-refractivity contribution in [2.75, 3.05) is 26.7 Å². The van der Waals surface area contributed by atoms with Gasteiger partial charge in [-0.3, -0.25) is 4.90 Å². The number of ether oxygens (including phenoxy) is 1. The van der Waals surface area contributed by atoms with Gasteiger partial charge in [-0.2, -0.15) is 0 Å². The second kappa shape index (κ2) is 6.25. The SMILES string of the molecule is CCN(CC1CCCO1)C1Cc2ccccc2C1NC. The normalized spacial score (nSPS) is 29.1. The standard InChI is InChI=1S/C17H26N2O/c1-3-19(12-14-8-6-10-20-14)16-11-13-7-4-5-9-15(13)17(16)18-2/h4-5,7,9,14,16-18H,3,6,8,10-12H2,1-2H3. The van der Waals surface area contributed by atoms with E-state index in [1.54, 1.807) is 0 Å². The van der Waals surface area contributed by atoms with Crippen LogP contribution in [0.3, 0.4) is 0 Å². The van der Waals surface area contributed by atoms with Crippen LogP contribution in [0.25, 0.3) is 0 Å². The number of benzene rings is 1. The van der Waals surface area contributed by atoms with Crippen LogP contribution in [0.15, 0.2) is 24.3 Å². The highest BCUT2D eigenvalue weighted by molar-refractivity contribution is 5.37. The summed E-state index contributed by atoms with van der Waals surface area (Å²) < 4.78 is 5.83. The largest absolute Gasteiger partial charge is 0.377 e. The Morgan fingerprint density at radius 1 is 1.35 bits per heavy atom. The van der Waals surface area contributed by atoms with Gasteiger partial charge >= 0.3 is 0 Å². The van der Waals surface area contributed by atoms with Gasteiger partial charge in [0.2, 0.25) is 0 Å². The molecule has 0 spiro atoms. The third-order valence-electron chi connectivity index (χ3n) is 4.85. The Labute approximate surface area is 122 Å². The first-order valence-corrected chi connectivity index (χ1v) is 7.94. The summed E-state index contributed by atoms with van der Waals surface area (Å²) in [6.07, 6.45) is 4.04. The number of hydrogen-bond donors (Lipinski definition) is 1. The topological polar surface area (TPSA) is 24.5 Å². The molecule has 0 aromatic heterocycles. The van der Waals surface area contributed by atoms with Crippen molar-refractivity contribution in [1.29, 1.82) is 0 Å². The molecule has 1 N–H and O–H groups in total. The van der Waals surface area contributed by atoms with Crippen molar-refractivity contribution in [2.24, 2.45) is 0 Å². The molecular formula is C17H26N2O. The summed E-state index contributed by atoms with van der Waals surface area (Å²) in [7, 11) is 2.08. The predicted octanol–water partition coefficient (Wildman–Crippen LogP) is 2.37. The van der Waals surface area contributed by atoms with E-state index in [9.17, 15) is 0 Å².